The minimum absolute atomic E-state index is 0.200. The summed E-state index contributed by atoms with van der Waals surface area (Å²) in [6.07, 6.45) is -1.83. The first-order chi connectivity index (χ1) is 10.5. The molecule has 3 rings (SSSR count). The lowest BCUT2D eigenvalue weighted by Crippen LogP contribution is -2.65. The fraction of sp³-hybridized carbons (Fsp3) is 0.933. The van der Waals surface area contributed by atoms with Crippen molar-refractivity contribution in [1.82, 2.24) is 5.32 Å². The van der Waals surface area contributed by atoms with Gasteiger partial charge in [0, 0.05) is 0 Å². The lowest BCUT2D eigenvalue weighted by Gasteiger charge is -2.41. The summed E-state index contributed by atoms with van der Waals surface area (Å²) < 4.78 is 28.8. The monoisotopic (exact) mass is 330 g/mol. The number of hydrogen-bond acceptors (Lipinski definition) is 7. The van der Waals surface area contributed by atoms with E-state index in [-0.39, 0.29) is 19.3 Å². The minimum Gasteiger partial charge on any atom is -0.444 e. The second-order valence-electron chi connectivity index (χ2n) is 7.82. The second kappa shape index (κ2) is 5.29. The maximum absolute atomic E-state index is 11.9. The van der Waals surface area contributed by atoms with Crippen molar-refractivity contribution < 1.29 is 28.5 Å². The molecule has 0 aromatic carbocycles. The molecule has 0 saturated carbocycles. The van der Waals surface area contributed by atoms with Gasteiger partial charge in [0.2, 0.25) is 0 Å². The quantitative estimate of drug-likeness (QED) is 0.759. The van der Waals surface area contributed by atoms with Crippen molar-refractivity contribution in [3.05, 3.63) is 0 Å². The predicted octanol–water partition coefficient (Wildman–Crippen LogP) is 0.484. The van der Waals surface area contributed by atoms with Gasteiger partial charge in [-0.2, -0.15) is 0 Å². The Kier molecular flexibility index (Phi) is 3.89. The number of nitrogens with two attached hydrogens (primary N) is 1. The van der Waals surface area contributed by atoms with Crippen molar-refractivity contribution in [2.75, 3.05) is 13.2 Å². The number of carbonyl (C=O) groups is 1. The summed E-state index contributed by atoms with van der Waals surface area (Å²) in [5, 5.41) is 2.74. The molecule has 3 N–H and O–H groups in total. The van der Waals surface area contributed by atoms with Crippen molar-refractivity contribution in [3.63, 3.8) is 0 Å². The molecule has 3 saturated heterocycles. The van der Waals surface area contributed by atoms with Gasteiger partial charge >= 0.3 is 6.09 Å². The summed E-state index contributed by atoms with van der Waals surface area (Å²) >= 11 is 0. The van der Waals surface area contributed by atoms with E-state index in [4.69, 9.17) is 29.4 Å². The molecule has 0 spiro atoms. The van der Waals surface area contributed by atoms with Crippen molar-refractivity contribution >= 4 is 6.09 Å². The van der Waals surface area contributed by atoms with Crippen LogP contribution < -0.4 is 11.1 Å². The first-order valence-electron chi connectivity index (χ1n) is 7.89. The van der Waals surface area contributed by atoms with Crippen molar-refractivity contribution in [2.45, 2.75) is 76.1 Å². The van der Waals surface area contributed by atoms with E-state index in [1.807, 2.05) is 34.6 Å². The van der Waals surface area contributed by atoms with E-state index < -0.39 is 41.5 Å². The Hall–Kier alpha value is -0.930. The molecule has 23 heavy (non-hydrogen) atoms. The predicted molar refractivity (Wildman–Crippen MR) is 79.6 cm³/mol. The standard InChI is InChI=1S/C15H26N2O6/c1-13(2,3)23-12(18)17-6-15-7-19-11(22-15)8(16)9-10(15)21-14(4,5)20-9/h8-11H,6-7,16H2,1-5H3,(H,17,18)/t8-,9?,10-,11?,15+/m1/s1. The molecule has 2 bridgehead atoms. The van der Waals surface area contributed by atoms with Gasteiger partial charge in [-0.1, -0.05) is 0 Å². The molecule has 8 nitrogen and oxygen atoms in total. The van der Waals surface area contributed by atoms with Gasteiger partial charge in [0.25, 0.3) is 0 Å². The van der Waals surface area contributed by atoms with Crippen LogP contribution in [0.15, 0.2) is 0 Å². The van der Waals surface area contributed by atoms with Crippen LogP contribution in [0.25, 0.3) is 0 Å². The number of fused-ring (bicyclic) bond motifs is 4. The highest BCUT2D eigenvalue weighted by atomic mass is 16.8. The molecule has 2 unspecified atom stereocenters. The van der Waals surface area contributed by atoms with E-state index in [1.165, 1.54) is 0 Å². The van der Waals surface area contributed by atoms with Crippen molar-refractivity contribution in [2.24, 2.45) is 5.73 Å². The van der Waals surface area contributed by atoms with Crippen molar-refractivity contribution in [3.8, 4) is 0 Å². The Morgan fingerprint density at radius 2 is 2.00 bits per heavy atom. The smallest absolute Gasteiger partial charge is 0.407 e. The molecule has 0 aliphatic carbocycles. The van der Waals surface area contributed by atoms with Gasteiger partial charge in [-0.15, -0.1) is 0 Å². The van der Waals surface area contributed by atoms with E-state index in [2.05, 4.69) is 5.32 Å². The molecule has 3 heterocycles. The fourth-order valence-electron chi connectivity index (χ4n) is 3.22. The molecule has 0 aromatic rings. The summed E-state index contributed by atoms with van der Waals surface area (Å²) in [4.78, 5) is 11.9. The van der Waals surface area contributed by atoms with Gasteiger partial charge < -0.3 is 34.7 Å². The summed E-state index contributed by atoms with van der Waals surface area (Å²) in [5.41, 5.74) is 4.76. The largest absolute Gasteiger partial charge is 0.444 e. The van der Waals surface area contributed by atoms with E-state index in [1.54, 1.807) is 0 Å². The molecule has 3 aliphatic rings. The Bertz CT molecular complexity index is 491. The number of hydrogen-bond donors (Lipinski definition) is 2. The number of alkyl carbamates (subject to hydrolysis) is 1. The third-order valence-corrected chi connectivity index (χ3v) is 4.11. The Morgan fingerprint density at radius 1 is 1.30 bits per heavy atom. The van der Waals surface area contributed by atoms with Gasteiger partial charge in [-0.25, -0.2) is 4.79 Å². The normalized spacial score (nSPS) is 41.5. The SMILES string of the molecule is CC(C)(C)OC(=O)NC[C@@]12COC(O1)[C@H](N)C1OC(C)(C)O[C@H]12. The van der Waals surface area contributed by atoms with Crippen LogP contribution >= 0.6 is 0 Å². The summed E-state index contributed by atoms with van der Waals surface area (Å²) in [6, 6.07) is -0.432. The van der Waals surface area contributed by atoms with E-state index in [9.17, 15) is 4.79 Å². The molecule has 132 valence electrons. The van der Waals surface area contributed by atoms with Gasteiger partial charge in [0.15, 0.2) is 12.1 Å². The third kappa shape index (κ3) is 3.18. The zero-order valence-corrected chi connectivity index (χ0v) is 14.3. The third-order valence-electron chi connectivity index (χ3n) is 4.11. The molecule has 5 atom stereocenters. The van der Waals surface area contributed by atoms with Crippen LogP contribution in [-0.2, 0) is 23.7 Å². The summed E-state index contributed by atoms with van der Waals surface area (Å²) in [7, 11) is 0. The van der Waals surface area contributed by atoms with Crippen LogP contribution in [0.1, 0.15) is 34.6 Å². The van der Waals surface area contributed by atoms with E-state index in [0.717, 1.165) is 0 Å². The Morgan fingerprint density at radius 3 is 2.65 bits per heavy atom. The fourth-order valence-corrected chi connectivity index (χ4v) is 3.22. The first-order valence-corrected chi connectivity index (χ1v) is 7.89. The number of ether oxygens (including phenoxy) is 5. The minimum atomic E-state index is -0.824. The maximum atomic E-state index is 11.9. The molecule has 3 aliphatic heterocycles. The number of rotatable bonds is 2. The van der Waals surface area contributed by atoms with Crippen LogP contribution in [0.2, 0.25) is 0 Å². The zero-order valence-electron chi connectivity index (χ0n) is 14.3. The zero-order chi connectivity index (χ0) is 17.0. The summed E-state index contributed by atoms with van der Waals surface area (Å²) in [5.74, 6) is -0.750. The average Bonchev–Trinajstić information content (AvgIpc) is 2.93. The Balaban J connectivity index is 1.71. The molecular formula is C15H26N2O6. The van der Waals surface area contributed by atoms with Gasteiger partial charge in [-0.05, 0) is 34.6 Å². The molecule has 3 fully saturated rings. The topological polar surface area (TPSA) is 101 Å². The van der Waals surface area contributed by atoms with E-state index >= 15 is 0 Å². The van der Waals surface area contributed by atoms with Gasteiger partial charge in [-0.3, -0.25) is 0 Å². The highest BCUT2D eigenvalue weighted by Crippen LogP contribution is 2.45. The highest BCUT2D eigenvalue weighted by Gasteiger charge is 2.65. The molecule has 0 radical (unpaired) electrons. The van der Waals surface area contributed by atoms with E-state index in [0.29, 0.717) is 0 Å². The average molecular weight is 330 g/mol. The van der Waals surface area contributed by atoms with Crippen molar-refractivity contribution in [1.29, 1.82) is 0 Å². The van der Waals surface area contributed by atoms with Crippen LogP contribution in [0.5, 0.6) is 0 Å². The number of carbonyl (C=O) groups excluding carboxylic acids is 1. The maximum Gasteiger partial charge on any atom is 0.407 e. The van der Waals surface area contributed by atoms with Crippen LogP contribution in [0.4, 0.5) is 4.79 Å². The lowest BCUT2D eigenvalue weighted by molar-refractivity contribution is -0.190. The highest BCUT2D eigenvalue weighted by molar-refractivity contribution is 5.67. The van der Waals surface area contributed by atoms with Crippen LogP contribution in [0.3, 0.4) is 0 Å². The summed E-state index contributed by atoms with van der Waals surface area (Å²) in [6.45, 7) is 9.57. The molecule has 0 aromatic heterocycles. The lowest BCUT2D eigenvalue weighted by atomic mass is 9.88. The number of nitrogens with one attached hydrogen (secondary N) is 1. The van der Waals surface area contributed by atoms with Crippen LogP contribution in [0, 0.1) is 0 Å². The molecule has 8 heteroatoms. The Labute approximate surface area is 135 Å². The second-order valence-corrected chi connectivity index (χ2v) is 7.82. The van der Waals surface area contributed by atoms with Gasteiger partial charge in [0.05, 0.1) is 19.2 Å². The molecular weight excluding hydrogens is 304 g/mol. The van der Waals surface area contributed by atoms with Crippen LogP contribution in [-0.4, -0.2) is 60.8 Å². The number of amides is 1. The first kappa shape index (κ1) is 16.9. The molecule has 1 amide bonds. The van der Waals surface area contributed by atoms with Gasteiger partial charge in [0.1, 0.15) is 23.4 Å².